The number of sulfonamides is 1. The van der Waals surface area contributed by atoms with Crippen LogP contribution in [0.2, 0.25) is 0 Å². The molecule has 0 fully saturated rings. The second kappa shape index (κ2) is 6.51. The van der Waals surface area contributed by atoms with Gasteiger partial charge in [-0.25, -0.2) is 8.42 Å². The molecule has 1 aromatic carbocycles. The summed E-state index contributed by atoms with van der Waals surface area (Å²) >= 11 is 1.07. The fourth-order valence-corrected chi connectivity index (χ4v) is 3.68. The average Bonchev–Trinajstić information content (AvgIpc) is 2.99. The lowest BCUT2D eigenvalue weighted by molar-refractivity contribution is 0.0956. The Balaban J connectivity index is 2.20. The molecule has 0 aliphatic rings. The number of hydrogen-bond donors (Lipinski definition) is 3. The van der Waals surface area contributed by atoms with Crippen molar-refractivity contribution in [2.24, 2.45) is 0 Å². The molecule has 0 atom stereocenters. The van der Waals surface area contributed by atoms with Crippen molar-refractivity contribution in [3.63, 3.8) is 0 Å². The van der Waals surface area contributed by atoms with Crippen LogP contribution in [0.3, 0.4) is 0 Å². The van der Waals surface area contributed by atoms with E-state index in [0.717, 1.165) is 17.4 Å². The van der Waals surface area contributed by atoms with E-state index in [0.29, 0.717) is 0 Å². The van der Waals surface area contributed by atoms with E-state index < -0.39 is 15.9 Å². The Hall–Kier alpha value is -2.50. The summed E-state index contributed by atoms with van der Waals surface area (Å²) in [4.78, 5) is 11.7. The normalized spacial score (nSPS) is 10.7. The molecule has 0 aliphatic carbocycles. The van der Waals surface area contributed by atoms with Gasteiger partial charge in [0.1, 0.15) is 9.96 Å². The summed E-state index contributed by atoms with van der Waals surface area (Å²) in [5, 5.41) is 13.9. The van der Waals surface area contributed by atoms with Crippen LogP contribution in [0.25, 0.3) is 0 Å². The molecule has 1 aromatic heterocycles. The number of carbonyl (C=O) groups excluding carboxylic acids is 1. The van der Waals surface area contributed by atoms with Crippen LogP contribution < -0.4 is 10.0 Å². The number of aromatic hydroxyl groups is 1. The Labute approximate surface area is 131 Å². The van der Waals surface area contributed by atoms with Gasteiger partial charge in [0.05, 0.1) is 17.8 Å². The van der Waals surface area contributed by atoms with Gasteiger partial charge in [0, 0.05) is 6.07 Å². The van der Waals surface area contributed by atoms with Crippen molar-refractivity contribution in [3.05, 3.63) is 41.3 Å². The molecule has 0 saturated heterocycles. The maximum atomic E-state index is 12.1. The van der Waals surface area contributed by atoms with Crippen molar-refractivity contribution in [1.82, 2.24) is 5.32 Å². The van der Waals surface area contributed by atoms with Crippen LogP contribution in [-0.4, -0.2) is 26.0 Å². The topological polar surface area (TPSA) is 95.5 Å². The van der Waals surface area contributed by atoms with E-state index in [2.05, 4.69) is 16.0 Å². The van der Waals surface area contributed by atoms with Crippen molar-refractivity contribution < 1.29 is 18.3 Å². The number of rotatable bonds is 5. The second-order valence-corrected chi connectivity index (χ2v) is 7.01. The minimum Gasteiger partial charge on any atom is -0.507 e. The number of benzene rings is 1. The van der Waals surface area contributed by atoms with Crippen LogP contribution in [0.15, 0.2) is 39.9 Å². The van der Waals surface area contributed by atoms with Crippen molar-refractivity contribution in [1.29, 1.82) is 0 Å². The molecule has 1 amide bonds. The number of carbonyl (C=O) groups is 1. The minimum atomic E-state index is -3.70. The van der Waals surface area contributed by atoms with Gasteiger partial charge in [-0.15, -0.1) is 17.8 Å². The van der Waals surface area contributed by atoms with E-state index in [-0.39, 0.29) is 27.8 Å². The highest BCUT2D eigenvalue weighted by Crippen LogP contribution is 2.25. The van der Waals surface area contributed by atoms with Gasteiger partial charge in [0.2, 0.25) is 0 Å². The van der Waals surface area contributed by atoms with E-state index in [1.54, 1.807) is 11.4 Å². The standard InChI is InChI=1S/C14H12N2O4S2/c1-2-7-15-14(18)11-6-5-10(9-12(11)17)16-22(19,20)13-4-3-8-21-13/h1,3-6,8-9,16-17H,7H2,(H,15,18). The fourth-order valence-electron chi connectivity index (χ4n) is 1.64. The zero-order chi connectivity index (χ0) is 16.2. The maximum Gasteiger partial charge on any atom is 0.271 e. The molecule has 3 N–H and O–H groups in total. The van der Waals surface area contributed by atoms with Crippen LogP contribution in [0.1, 0.15) is 10.4 Å². The van der Waals surface area contributed by atoms with Gasteiger partial charge < -0.3 is 10.4 Å². The van der Waals surface area contributed by atoms with Crippen LogP contribution in [0.5, 0.6) is 5.75 Å². The molecule has 8 heteroatoms. The highest BCUT2D eigenvalue weighted by atomic mass is 32.2. The lowest BCUT2D eigenvalue weighted by Crippen LogP contribution is -2.23. The number of terminal acetylenes is 1. The molecule has 6 nitrogen and oxygen atoms in total. The molecule has 0 radical (unpaired) electrons. The monoisotopic (exact) mass is 336 g/mol. The van der Waals surface area contributed by atoms with E-state index in [9.17, 15) is 18.3 Å². The second-order valence-electron chi connectivity index (χ2n) is 4.16. The molecule has 0 bridgehead atoms. The van der Waals surface area contributed by atoms with Gasteiger partial charge in [-0.2, -0.15) is 0 Å². The summed E-state index contributed by atoms with van der Waals surface area (Å²) in [6.07, 6.45) is 5.03. The highest BCUT2D eigenvalue weighted by molar-refractivity contribution is 7.94. The zero-order valence-electron chi connectivity index (χ0n) is 11.2. The zero-order valence-corrected chi connectivity index (χ0v) is 12.9. The summed E-state index contributed by atoms with van der Waals surface area (Å²) in [6, 6.07) is 6.95. The summed E-state index contributed by atoms with van der Waals surface area (Å²) in [5.74, 6) is 1.36. The van der Waals surface area contributed by atoms with E-state index in [4.69, 9.17) is 6.42 Å². The highest BCUT2D eigenvalue weighted by Gasteiger charge is 2.17. The predicted octanol–water partition coefficient (Wildman–Crippen LogP) is 1.62. The van der Waals surface area contributed by atoms with Crippen molar-refractivity contribution in [2.45, 2.75) is 4.21 Å². The quantitative estimate of drug-likeness (QED) is 0.723. The van der Waals surface area contributed by atoms with Crippen molar-refractivity contribution >= 4 is 33.0 Å². The fraction of sp³-hybridized carbons (Fsp3) is 0.0714. The molecule has 2 rings (SSSR count). The molecule has 0 unspecified atom stereocenters. The molecule has 0 spiro atoms. The Morgan fingerprint density at radius 2 is 2.14 bits per heavy atom. The van der Waals surface area contributed by atoms with Crippen LogP contribution >= 0.6 is 11.3 Å². The average molecular weight is 336 g/mol. The number of amides is 1. The minimum absolute atomic E-state index is 0.00863. The summed E-state index contributed by atoms with van der Waals surface area (Å²) < 4.78 is 26.6. The molecule has 22 heavy (non-hydrogen) atoms. The van der Waals surface area contributed by atoms with E-state index in [1.165, 1.54) is 18.2 Å². The van der Waals surface area contributed by atoms with Gasteiger partial charge in [-0.05, 0) is 23.6 Å². The molecular weight excluding hydrogens is 324 g/mol. The smallest absolute Gasteiger partial charge is 0.271 e. The molecule has 0 aliphatic heterocycles. The third-order valence-corrected chi connectivity index (χ3v) is 5.38. The van der Waals surface area contributed by atoms with Gasteiger partial charge >= 0.3 is 0 Å². The van der Waals surface area contributed by atoms with Gasteiger partial charge in [0.15, 0.2) is 0 Å². The molecule has 2 aromatic rings. The Bertz CT molecular complexity index is 821. The first-order valence-corrected chi connectivity index (χ1v) is 8.41. The Morgan fingerprint density at radius 3 is 2.73 bits per heavy atom. The lowest BCUT2D eigenvalue weighted by atomic mass is 10.1. The number of anilines is 1. The predicted molar refractivity (Wildman–Crippen MR) is 84.4 cm³/mol. The number of thiophene rings is 1. The van der Waals surface area contributed by atoms with Crippen molar-refractivity contribution in [3.8, 4) is 18.1 Å². The lowest BCUT2D eigenvalue weighted by Gasteiger charge is -2.09. The number of nitrogens with one attached hydrogen (secondary N) is 2. The van der Waals surface area contributed by atoms with Gasteiger partial charge in [0.25, 0.3) is 15.9 Å². The third-order valence-electron chi connectivity index (χ3n) is 2.61. The van der Waals surface area contributed by atoms with Crippen LogP contribution in [0.4, 0.5) is 5.69 Å². The maximum absolute atomic E-state index is 12.1. The van der Waals surface area contributed by atoms with E-state index >= 15 is 0 Å². The molecule has 1 heterocycles. The van der Waals surface area contributed by atoms with Crippen molar-refractivity contribution in [2.75, 3.05) is 11.3 Å². The van der Waals surface area contributed by atoms with Gasteiger partial charge in [-0.1, -0.05) is 12.0 Å². The Morgan fingerprint density at radius 1 is 1.36 bits per heavy atom. The molecule has 0 saturated carbocycles. The summed E-state index contributed by atoms with van der Waals surface area (Å²) in [6.45, 7) is 0.0328. The first kappa shape index (κ1) is 15.9. The third kappa shape index (κ3) is 3.58. The van der Waals surface area contributed by atoms with E-state index in [1.807, 2.05) is 0 Å². The van der Waals surface area contributed by atoms with Crippen LogP contribution in [-0.2, 0) is 10.0 Å². The largest absolute Gasteiger partial charge is 0.507 e. The SMILES string of the molecule is C#CCNC(=O)c1ccc(NS(=O)(=O)c2cccs2)cc1O. The summed E-state index contributed by atoms with van der Waals surface area (Å²) in [5.41, 5.74) is 0.161. The van der Waals surface area contributed by atoms with Gasteiger partial charge in [-0.3, -0.25) is 9.52 Å². The van der Waals surface area contributed by atoms with Crippen LogP contribution in [0, 0.1) is 12.3 Å². The Kier molecular flexibility index (Phi) is 4.70. The number of phenols is 1. The first-order chi connectivity index (χ1) is 10.4. The molecule has 114 valence electrons. The first-order valence-electron chi connectivity index (χ1n) is 6.05. The summed E-state index contributed by atoms with van der Waals surface area (Å²) in [7, 11) is -3.70. The number of phenolic OH excluding ortho intramolecular Hbond substituents is 1. The number of hydrogen-bond acceptors (Lipinski definition) is 5. The molecular formula is C14H12N2O4S2.